The minimum atomic E-state index is -0.313. The van der Waals surface area contributed by atoms with Crippen LogP contribution in [0.1, 0.15) is 36.0 Å². The van der Waals surface area contributed by atoms with Crippen molar-refractivity contribution in [3.63, 3.8) is 0 Å². The molecule has 2 aromatic heterocycles. The molecule has 1 saturated heterocycles. The Kier molecular flexibility index (Phi) is 5.92. The molecular formula is C21H21BrN4O3. The van der Waals surface area contributed by atoms with Crippen LogP contribution in [0.4, 0.5) is 5.69 Å². The van der Waals surface area contributed by atoms with E-state index in [1.165, 1.54) is 0 Å². The van der Waals surface area contributed by atoms with E-state index >= 15 is 0 Å². The zero-order valence-corrected chi connectivity index (χ0v) is 17.6. The standard InChI is InChI=1S/C21H21BrN4O3/c1-28-19-13-14(22)8-9-16(19)25-21(27)17-6-4-5-15(24-17)18-10-11-23-26(18)20-7-2-3-12-29-20/h4-6,8-11,13,20H,2-3,7,12H2,1H3,(H,25,27). The summed E-state index contributed by atoms with van der Waals surface area (Å²) in [4.78, 5) is 17.3. The van der Waals surface area contributed by atoms with Gasteiger partial charge in [0.1, 0.15) is 11.4 Å². The molecule has 7 nitrogen and oxygen atoms in total. The van der Waals surface area contributed by atoms with Gasteiger partial charge in [0.05, 0.1) is 24.2 Å². The summed E-state index contributed by atoms with van der Waals surface area (Å²) < 4.78 is 13.9. The number of hydrogen-bond acceptors (Lipinski definition) is 5. The van der Waals surface area contributed by atoms with E-state index in [1.807, 2.05) is 28.9 Å². The number of pyridine rings is 1. The van der Waals surface area contributed by atoms with Gasteiger partial charge in [-0.1, -0.05) is 22.0 Å². The van der Waals surface area contributed by atoms with Crippen LogP contribution < -0.4 is 10.1 Å². The quantitative estimate of drug-likeness (QED) is 0.603. The van der Waals surface area contributed by atoms with Crippen molar-refractivity contribution in [3.05, 3.63) is 58.8 Å². The van der Waals surface area contributed by atoms with Gasteiger partial charge in [-0.3, -0.25) is 4.79 Å². The second-order valence-electron chi connectivity index (χ2n) is 6.69. The van der Waals surface area contributed by atoms with Crippen LogP contribution in [0.5, 0.6) is 5.75 Å². The van der Waals surface area contributed by atoms with Crippen molar-refractivity contribution in [2.75, 3.05) is 19.0 Å². The summed E-state index contributed by atoms with van der Waals surface area (Å²) in [7, 11) is 1.56. The van der Waals surface area contributed by atoms with Crippen LogP contribution in [0.2, 0.25) is 0 Å². The molecule has 1 unspecified atom stereocenters. The Balaban J connectivity index is 1.58. The molecule has 1 atom stereocenters. The van der Waals surface area contributed by atoms with Crippen molar-refractivity contribution in [1.29, 1.82) is 0 Å². The minimum Gasteiger partial charge on any atom is -0.495 e. The van der Waals surface area contributed by atoms with Gasteiger partial charge in [-0.05, 0) is 55.7 Å². The summed E-state index contributed by atoms with van der Waals surface area (Å²) in [6, 6.07) is 12.7. The molecule has 1 fully saturated rings. The number of amides is 1. The molecule has 29 heavy (non-hydrogen) atoms. The van der Waals surface area contributed by atoms with Crippen LogP contribution in [-0.4, -0.2) is 34.4 Å². The predicted octanol–water partition coefficient (Wildman–Crippen LogP) is 4.67. The van der Waals surface area contributed by atoms with Crippen molar-refractivity contribution in [2.45, 2.75) is 25.5 Å². The molecule has 0 saturated carbocycles. The first-order chi connectivity index (χ1) is 14.2. The number of aromatic nitrogens is 3. The number of halogens is 1. The normalized spacial score (nSPS) is 16.4. The third-order valence-corrected chi connectivity index (χ3v) is 5.25. The van der Waals surface area contributed by atoms with Gasteiger partial charge in [0.25, 0.3) is 5.91 Å². The molecular weight excluding hydrogens is 436 g/mol. The van der Waals surface area contributed by atoms with Gasteiger partial charge in [0, 0.05) is 17.3 Å². The Morgan fingerprint density at radius 2 is 2.17 bits per heavy atom. The topological polar surface area (TPSA) is 78.3 Å². The Bertz CT molecular complexity index is 1010. The number of anilines is 1. The average molecular weight is 457 g/mol. The first-order valence-electron chi connectivity index (χ1n) is 9.43. The summed E-state index contributed by atoms with van der Waals surface area (Å²) in [5.74, 6) is 0.254. The molecule has 0 radical (unpaired) electrons. The molecule has 3 heterocycles. The number of nitrogens with zero attached hydrogens (tertiary/aromatic N) is 3. The van der Waals surface area contributed by atoms with Crippen LogP contribution in [0.15, 0.2) is 53.1 Å². The third kappa shape index (κ3) is 4.33. The van der Waals surface area contributed by atoms with E-state index in [9.17, 15) is 4.79 Å². The number of ether oxygens (including phenoxy) is 2. The smallest absolute Gasteiger partial charge is 0.274 e. The lowest BCUT2D eigenvalue weighted by Gasteiger charge is -2.24. The van der Waals surface area contributed by atoms with Crippen molar-refractivity contribution in [1.82, 2.24) is 14.8 Å². The highest BCUT2D eigenvalue weighted by atomic mass is 79.9. The highest BCUT2D eigenvalue weighted by Crippen LogP contribution is 2.29. The van der Waals surface area contributed by atoms with Gasteiger partial charge in [-0.25, -0.2) is 9.67 Å². The fourth-order valence-corrected chi connectivity index (χ4v) is 3.66. The van der Waals surface area contributed by atoms with Gasteiger partial charge >= 0.3 is 0 Å². The number of nitrogens with one attached hydrogen (secondary N) is 1. The fourth-order valence-electron chi connectivity index (χ4n) is 3.32. The van der Waals surface area contributed by atoms with E-state index in [4.69, 9.17) is 9.47 Å². The molecule has 1 aliphatic rings. The lowest BCUT2D eigenvalue weighted by Crippen LogP contribution is -2.20. The minimum absolute atomic E-state index is 0.0972. The number of carbonyl (C=O) groups is 1. The number of benzene rings is 1. The highest BCUT2D eigenvalue weighted by Gasteiger charge is 2.21. The first kappa shape index (κ1) is 19.6. The Morgan fingerprint density at radius 1 is 1.28 bits per heavy atom. The fraction of sp³-hybridized carbons (Fsp3) is 0.286. The Hall–Kier alpha value is -2.71. The zero-order chi connectivity index (χ0) is 20.2. The van der Waals surface area contributed by atoms with Crippen LogP contribution in [0.25, 0.3) is 11.4 Å². The molecule has 1 aliphatic heterocycles. The number of rotatable bonds is 5. The summed E-state index contributed by atoms with van der Waals surface area (Å²) in [6.07, 6.45) is 4.72. The molecule has 150 valence electrons. The van der Waals surface area contributed by atoms with Crippen molar-refractivity contribution < 1.29 is 14.3 Å². The van der Waals surface area contributed by atoms with Crippen molar-refractivity contribution >= 4 is 27.5 Å². The number of methoxy groups -OCH3 is 1. The average Bonchev–Trinajstić information content (AvgIpc) is 3.25. The van der Waals surface area contributed by atoms with E-state index in [1.54, 1.807) is 31.5 Å². The van der Waals surface area contributed by atoms with E-state index in [0.29, 0.717) is 22.8 Å². The van der Waals surface area contributed by atoms with Crippen LogP contribution in [0, 0.1) is 0 Å². The van der Waals surface area contributed by atoms with Gasteiger partial charge < -0.3 is 14.8 Å². The van der Waals surface area contributed by atoms with Gasteiger partial charge in [-0.15, -0.1) is 0 Å². The molecule has 3 aromatic rings. The van der Waals surface area contributed by atoms with Crippen LogP contribution >= 0.6 is 15.9 Å². The molecule has 0 aliphatic carbocycles. The summed E-state index contributed by atoms with van der Waals surface area (Å²) >= 11 is 3.40. The molecule has 1 amide bonds. The maximum atomic E-state index is 12.8. The van der Waals surface area contributed by atoms with Gasteiger partial charge in [-0.2, -0.15) is 5.10 Å². The zero-order valence-electron chi connectivity index (χ0n) is 16.0. The predicted molar refractivity (Wildman–Crippen MR) is 113 cm³/mol. The van der Waals surface area contributed by atoms with Gasteiger partial charge in [0.15, 0.2) is 6.23 Å². The molecule has 4 rings (SSSR count). The molecule has 1 aromatic carbocycles. The summed E-state index contributed by atoms with van der Waals surface area (Å²) in [5.41, 5.74) is 2.39. The number of hydrogen-bond donors (Lipinski definition) is 1. The molecule has 0 bridgehead atoms. The summed E-state index contributed by atoms with van der Waals surface area (Å²) in [6.45, 7) is 0.731. The van der Waals surface area contributed by atoms with E-state index in [0.717, 1.165) is 36.0 Å². The van der Waals surface area contributed by atoms with E-state index in [2.05, 4.69) is 31.3 Å². The van der Waals surface area contributed by atoms with E-state index < -0.39 is 0 Å². The maximum absolute atomic E-state index is 12.8. The lowest BCUT2D eigenvalue weighted by molar-refractivity contribution is -0.0384. The third-order valence-electron chi connectivity index (χ3n) is 4.75. The van der Waals surface area contributed by atoms with Crippen molar-refractivity contribution in [2.24, 2.45) is 0 Å². The van der Waals surface area contributed by atoms with Gasteiger partial charge in [0.2, 0.25) is 0 Å². The first-order valence-corrected chi connectivity index (χ1v) is 10.2. The van der Waals surface area contributed by atoms with Crippen LogP contribution in [-0.2, 0) is 4.74 Å². The van der Waals surface area contributed by atoms with Crippen molar-refractivity contribution in [3.8, 4) is 17.1 Å². The molecule has 1 N–H and O–H groups in total. The van der Waals surface area contributed by atoms with Crippen LogP contribution in [0.3, 0.4) is 0 Å². The summed E-state index contributed by atoms with van der Waals surface area (Å²) in [5, 5.41) is 7.28. The largest absolute Gasteiger partial charge is 0.495 e. The number of carbonyl (C=O) groups excluding carboxylic acids is 1. The maximum Gasteiger partial charge on any atom is 0.274 e. The second-order valence-corrected chi connectivity index (χ2v) is 7.60. The lowest BCUT2D eigenvalue weighted by atomic mass is 10.2. The highest BCUT2D eigenvalue weighted by molar-refractivity contribution is 9.10. The Labute approximate surface area is 177 Å². The molecule has 0 spiro atoms. The SMILES string of the molecule is COc1cc(Br)ccc1NC(=O)c1cccc(-c2ccnn2C2CCCCO2)n1. The van der Waals surface area contributed by atoms with E-state index in [-0.39, 0.29) is 12.1 Å². The Morgan fingerprint density at radius 3 is 2.97 bits per heavy atom. The molecule has 8 heteroatoms. The second kappa shape index (κ2) is 8.75. The monoisotopic (exact) mass is 456 g/mol.